The van der Waals surface area contributed by atoms with Crippen LogP contribution in [0.2, 0.25) is 0 Å². The first-order valence-corrected chi connectivity index (χ1v) is 8.14. The second-order valence-corrected chi connectivity index (χ2v) is 5.03. The Hall–Kier alpha value is -3.31. The normalized spacial score (nSPS) is 9.48. The van der Waals surface area contributed by atoms with Crippen molar-refractivity contribution in [2.45, 2.75) is 27.7 Å². The fourth-order valence-corrected chi connectivity index (χ4v) is 2.55. The van der Waals surface area contributed by atoms with E-state index in [1.807, 2.05) is 43.6 Å². The standard InChI is InChI=1S/C17H22N8/c1-5-24(6-2)15-14(13(11-20)12(9-18)10-19)16(23-17(21)22-15)25(7-3)8-4/h5-8H2,1-4H3,(H2,21,22,23). The van der Waals surface area contributed by atoms with Crippen molar-refractivity contribution in [3.05, 3.63) is 11.1 Å². The van der Waals surface area contributed by atoms with Crippen LogP contribution in [0.25, 0.3) is 5.57 Å². The molecule has 0 fully saturated rings. The summed E-state index contributed by atoms with van der Waals surface area (Å²) in [6.45, 7) is 10.3. The molecule has 0 aliphatic rings. The average Bonchev–Trinajstić information content (AvgIpc) is 2.62. The van der Waals surface area contributed by atoms with Crippen LogP contribution in [-0.2, 0) is 0 Å². The molecule has 2 N–H and O–H groups in total. The van der Waals surface area contributed by atoms with Crippen LogP contribution in [0.5, 0.6) is 0 Å². The number of hydrogen-bond donors (Lipinski definition) is 1. The van der Waals surface area contributed by atoms with Gasteiger partial charge in [-0.25, -0.2) is 0 Å². The van der Waals surface area contributed by atoms with Gasteiger partial charge in [-0.05, 0) is 27.7 Å². The van der Waals surface area contributed by atoms with Gasteiger partial charge in [-0.3, -0.25) is 0 Å². The summed E-state index contributed by atoms with van der Waals surface area (Å²) in [5, 5.41) is 28.2. The molecule has 0 atom stereocenters. The number of hydrogen-bond acceptors (Lipinski definition) is 8. The van der Waals surface area contributed by atoms with Crippen molar-refractivity contribution in [2.75, 3.05) is 41.7 Å². The fraction of sp³-hybridized carbons (Fsp3) is 0.471. The molecule has 0 radical (unpaired) electrons. The van der Waals surface area contributed by atoms with E-state index in [-0.39, 0.29) is 17.1 Å². The summed E-state index contributed by atoms with van der Waals surface area (Å²) < 4.78 is 0. The Morgan fingerprint density at radius 3 is 1.52 bits per heavy atom. The van der Waals surface area contributed by atoms with Crippen molar-refractivity contribution >= 4 is 23.2 Å². The van der Waals surface area contributed by atoms with Crippen LogP contribution < -0.4 is 15.5 Å². The Bertz CT molecular complexity index is 718. The molecule has 0 saturated heterocycles. The minimum absolute atomic E-state index is 0.0335. The second kappa shape index (κ2) is 9.10. The Morgan fingerprint density at radius 2 is 1.24 bits per heavy atom. The van der Waals surface area contributed by atoms with Crippen LogP contribution in [0.1, 0.15) is 33.3 Å². The van der Waals surface area contributed by atoms with Crippen LogP contribution in [-0.4, -0.2) is 36.1 Å². The van der Waals surface area contributed by atoms with Gasteiger partial charge in [0.25, 0.3) is 0 Å². The van der Waals surface area contributed by atoms with Gasteiger partial charge >= 0.3 is 0 Å². The largest absolute Gasteiger partial charge is 0.368 e. The lowest BCUT2D eigenvalue weighted by Gasteiger charge is -2.28. The highest BCUT2D eigenvalue weighted by Crippen LogP contribution is 2.35. The monoisotopic (exact) mass is 338 g/mol. The first-order valence-electron chi connectivity index (χ1n) is 8.14. The lowest BCUT2D eigenvalue weighted by molar-refractivity contribution is 0.817. The lowest BCUT2D eigenvalue weighted by atomic mass is 10.0. The summed E-state index contributed by atoms with van der Waals surface area (Å²) in [4.78, 5) is 12.5. The van der Waals surface area contributed by atoms with E-state index >= 15 is 0 Å². The summed E-state index contributed by atoms with van der Waals surface area (Å²) in [5.74, 6) is 0.998. The molecule has 0 aliphatic carbocycles. The third kappa shape index (κ3) is 3.97. The molecule has 0 spiro atoms. The number of nitrogen functional groups attached to an aromatic ring is 1. The van der Waals surface area contributed by atoms with Gasteiger partial charge in [0.05, 0.1) is 11.1 Å². The van der Waals surface area contributed by atoms with Gasteiger partial charge in [-0.2, -0.15) is 25.8 Å². The predicted molar refractivity (Wildman–Crippen MR) is 97.3 cm³/mol. The Kier molecular flexibility index (Phi) is 7.18. The van der Waals surface area contributed by atoms with Gasteiger partial charge in [-0.15, -0.1) is 0 Å². The predicted octanol–water partition coefficient (Wildman–Crippen LogP) is 2.08. The quantitative estimate of drug-likeness (QED) is 0.748. The van der Waals surface area contributed by atoms with Crippen LogP contribution >= 0.6 is 0 Å². The van der Waals surface area contributed by atoms with Crippen LogP contribution in [0.3, 0.4) is 0 Å². The highest BCUT2D eigenvalue weighted by molar-refractivity contribution is 5.94. The number of nitrogens with zero attached hydrogens (tertiary/aromatic N) is 7. The number of nitriles is 3. The summed E-state index contributed by atoms with van der Waals surface area (Å²) >= 11 is 0. The lowest BCUT2D eigenvalue weighted by Crippen LogP contribution is -2.29. The Morgan fingerprint density at radius 1 is 0.840 bits per heavy atom. The van der Waals surface area contributed by atoms with Crippen LogP contribution in [0.15, 0.2) is 5.57 Å². The van der Waals surface area contributed by atoms with E-state index < -0.39 is 0 Å². The van der Waals surface area contributed by atoms with Crippen molar-refractivity contribution in [3.8, 4) is 18.2 Å². The van der Waals surface area contributed by atoms with E-state index in [9.17, 15) is 15.8 Å². The highest BCUT2D eigenvalue weighted by atomic mass is 15.3. The van der Waals surface area contributed by atoms with Gasteiger partial charge in [0.1, 0.15) is 35.4 Å². The van der Waals surface area contributed by atoms with E-state index in [2.05, 4.69) is 9.97 Å². The average molecular weight is 338 g/mol. The molecule has 0 aromatic carbocycles. The van der Waals surface area contributed by atoms with Crippen LogP contribution in [0.4, 0.5) is 17.6 Å². The minimum atomic E-state index is -0.266. The number of aromatic nitrogens is 2. The second-order valence-electron chi connectivity index (χ2n) is 5.03. The zero-order valence-electron chi connectivity index (χ0n) is 15.0. The van der Waals surface area contributed by atoms with Gasteiger partial charge in [0.15, 0.2) is 0 Å². The number of rotatable bonds is 7. The summed E-state index contributed by atoms with van der Waals surface area (Å²) in [5.41, 5.74) is 5.98. The van der Waals surface area contributed by atoms with Crippen molar-refractivity contribution < 1.29 is 0 Å². The van der Waals surface area contributed by atoms with Crippen LogP contribution in [0, 0.1) is 34.0 Å². The van der Waals surface area contributed by atoms with Crippen molar-refractivity contribution in [1.29, 1.82) is 15.8 Å². The summed E-state index contributed by atoms with van der Waals surface area (Å²) in [7, 11) is 0. The maximum Gasteiger partial charge on any atom is 0.223 e. The van der Waals surface area contributed by atoms with Crippen molar-refractivity contribution in [2.24, 2.45) is 0 Å². The number of allylic oxidation sites excluding steroid dienone is 2. The topological polar surface area (TPSA) is 130 Å². The van der Waals surface area contributed by atoms with Gasteiger partial charge in [0, 0.05) is 26.2 Å². The third-order valence-electron chi connectivity index (χ3n) is 3.85. The molecule has 1 rings (SSSR count). The van der Waals surface area contributed by atoms with Gasteiger partial charge in [0.2, 0.25) is 5.95 Å². The molecule has 0 amide bonds. The van der Waals surface area contributed by atoms with E-state index in [0.717, 1.165) is 0 Å². The molecule has 8 heteroatoms. The van der Waals surface area contributed by atoms with E-state index in [4.69, 9.17) is 5.73 Å². The first kappa shape index (κ1) is 19.7. The zero-order chi connectivity index (χ0) is 19.0. The Balaban J connectivity index is 4.01. The molecule has 1 aromatic heterocycles. The summed E-state index contributed by atoms with van der Waals surface area (Å²) in [6, 6.07) is 5.57. The molecule has 25 heavy (non-hydrogen) atoms. The maximum absolute atomic E-state index is 9.65. The molecule has 1 heterocycles. The molecule has 8 nitrogen and oxygen atoms in total. The molecule has 0 saturated carbocycles. The smallest absolute Gasteiger partial charge is 0.223 e. The molecule has 1 aromatic rings. The molecule has 0 aliphatic heterocycles. The van der Waals surface area contributed by atoms with Crippen molar-refractivity contribution in [1.82, 2.24) is 9.97 Å². The highest BCUT2D eigenvalue weighted by Gasteiger charge is 2.26. The van der Waals surface area contributed by atoms with E-state index in [1.54, 1.807) is 12.1 Å². The SMILES string of the molecule is CCN(CC)c1nc(N)nc(N(CC)CC)c1C(C#N)=C(C#N)C#N. The molecular formula is C17H22N8. The van der Waals surface area contributed by atoms with E-state index in [1.165, 1.54) is 0 Å². The first-order chi connectivity index (χ1) is 12.0. The summed E-state index contributed by atoms with van der Waals surface area (Å²) in [6.07, 6.45) is 0. The molecule has 130 valence electrons. The molecule has 0 unspecified atom stereocenters. The van der Waals surface area contributed by atoms with Crippen molar-refractivity contribution in [3.63, 3.8) is 0 Å². The maximum atomic E-state index is 9.65. The zero-order valence-corrected chi connectivity index (χ0v) is 15.0. The Labute approximate surface area is 148 Å². The van der Waals surface area contributed by atoms with Gasteiger partial charge < -0.3 is 15.5 Å². The van der Waals surface area contributed by atoms with E-state index in [0.29, 0.717) is 43.4 Å². The third-order valence-corrected chi connectivity index (χ3v) is 3.85. The molecular weight excluding hydrogens is 316 g/mol. The van der Waals surface area contributed by atoms with Gasteiger partial charge in [-0.1, -0.05) is 0 Å². The molecule has 0 bridgehead atoms. The number of nitrogens with two attached hydrogens (primary N) is 1. The minimum Gasteiger partial charge on any atom is -0.368 e. The fourth-order valence-electron chi connectivity index (χ4n) is 2.55. The number of anilines is 3.